The lowest BCUT2D eigenvalue weighted by molar-refractivity contribution is -0.121. The Morgan fingerprint density at radius 3 is 3.09 bits per heavy atom. The first-order valence-electron chi connectivity index (χ1n) is 7.76. The SMILES string of the molecule is COCc1nnc2n1CCC(NC(=O)Cc1csc(C)n1)CC2. The van der Waals surface area contributed by atoms with Gasteiger partial charge in [-0.1, -0.05) is 0 Å². The molecule has 0 aliphatic carbocycles. The highest BCUT2D eigenvalue weighted by Crippen LogP contribution is 2.16. The van der Waals surface area contributed by atoms with Crippen molar-refractivity contribution in [1.29, 1.82) is 0 Å². The van der Waals surface area contributed by atoms with Crippen LogP contribution >= 0.6 is 11.3 Å². The first-order valence-corrected chi connectivity index (χ1v) is 8.64. The number of nitrogens with zero attached hydrogens (tertiary/aromatic N) is 4. The molecule has 0 spiro atoms. The summed E-state index contributed by atoms with van der Waals surface area (Å²) in [7, 11) is 1.65. The molecular formula is C15H21N5O2S. The van der Waals surface area contributed by atoms with Gasteiger partial charge in [-0.05, 0) is 19.8 Å². The van der Waals surface area contributed by atoms with Crippen molar-refractivity contribution in [3.05, 3.63) is 27.7 Å². The highest BCUT2D eigenvalue weighted by molar-refractivity contribution is 7.09. The first kappa shape index (κ1) is 16.1. The fourth-order valence-electron chi connectivity index (χ4n) is 2.86. The van der Waals surface area contributed by atoms with Gasteiger partial charge in [0.15, 0.2) is 5.82 Å². The van der Waals surface area contributed by atoms with Gasteiger partial charge < -0.3 is 14.6 Å². The molecule has 2 aromatic rings. The number of fused-ring (bicyclic) bond motifs is 1. The minimum atomic E-state index is 0.0371. The van der Waals surface area contributed by atoms with Crippen molar-refractivity contribution in [3.63, 3.8) is 0 Å². The van der Waals surface area contributed by atoms with Gasteiger partial charge in [-0.3, -0.25) is 4.79 Å². The molecule has 1 N–H and O–H groups in total. The van der Waals surface area contributed by atoms with Gasteiger partial charge in [-0.25, -0.2) is 4.98 Å². The number of aromatic nitrogens is 4. The molecule has 0 bridgehead atoms. The molecular weight excluding hydrogens is 314 g/mol. The van der Waals surface area contributed by atoms with Crippen molar-refractivity contribution in [2.75, 3.05) is 7.11 Å². The molecule has 0 fully saturated rings. The van der Waals surface area contributed by atoms with Crippen molar-refractivity contribution < 1.29 is 9.53 Å². The Bertz CT molecular complexity index is 681. The average Bonchev–Trinajstić information content (AvgIpc) is 3.03. The van der Waals surface area contributed by atoms with Crippen molar-refractivity contribution in [2.24, 2.45) is 0 Å². The van der Waals surface area contributed by atoms with Crippen LogP contribution in [0.3, 0.4) is 0 Å². The third kappa shape index (κ3) is 3.94. The number of amides is 1. The molecule has 1 aliphatic rings. The van der Waals surface area contributed by atoms with E-state index in [0.717, 1.165) is 48.2 Å². The van der Waals surface area contributed by atoms with Crippen LogP contribution in [-0.2, 0) is 35.5 Å². The Morgan fingerprint density at radius 1 is 1.48 bits per heavy atom. The molecule has 0 aromatic carbocycles. The summed E-state index contributed by atoms with van der Waals surface area (Å²) in [5.41, 5.74) is 0.845. The van der Waals surface area contributed by atoms with Gasteiger partial charge in [0.2, 0.25) is 5.91 Å². The zero-order chi connectivity index (χ0) is 16.2. The van der Waals surface area contributed by atoms with Crippen LogP contribution in [0, 0.1) is 6.92 Å². The largest absolute Gasteiger partial charge is 0.377 e. The maximum atomic E-state index is 12.2. The normalized spacial score (nSPS) is 17.6. The Labute approximate surface area is 139 Å². The minimum Gasteiger partial charge on any atom is -0.377 e. The van der Waals surface area contributed by atoms with Gasteiger partial charge in [-0.15, -0.1) is 21.5 Å². The summed E-state index contributed by atoms with van der Waals surface area (Å²) in [4.78, 5) is 16.5. The maximum absolute atomic E-state index is 12.2. The van der Waals surface area contributed by atoms with Gasteiger partial charge >= 0.3 is 0 Å². The number of hydrogen-bond donors (Lipinski definition) is 1. The Morgan fingerprint density at radius 2 is 2.35 bits per heavy atom. The highest BCUT2D eigenvalue weighted by atomic mass is 32.1. The first-order chi connectivity index (χ1) is 11.2. The number of ether oxygens (including phenoxy) is 1. The Balaban J connectivity index is 1.55. The predicted molar refractivity (Wildman–Crippen MR) is 86.2 cm³/mol. The van der Waals surface area contributed by atoms with Crippen molar-refractivity contribution >= 4 is 17.2 Å². The number of hydrogen-bond acceptors (Lipinski definition) is 6. The predicted octanol–water partition coefficient (Wildman–Crippen LogP) is 1.25. The smallest absolute Gasteiger partial charge is 0.226 e. The monoisotopic (exact) mass is 335 g/mol. The average molecular weight is 335 g/mol. The molecule has 3 rings (SSSR count). The summed E-state index contributed by atoms with van der Waals surface area (Å²) in [5.74, 6) is 1.87. The van der Waals surface area contributed by atoms with Gasteiger partial charge in [0, 0.05) is 31.5 Å². The lowest BCUT2D eigenvalue weighted by Gasteiger charge is -2.15. The molecule has 1 aliphatic heterocycles. The third-order valence-corrected chi connectivity index (χ3v) is 4.79. The summed E-state index contributed by atoms with van der Waals surface area (Å²) < 4.78 is 7.26. The van der Waals surface area contributed by atoms with Gasteiger partial charge in [0.25, 0.3) is 0 Å². The van der Waals surface area contributed by atoms with E-state index in [2.05, 4.69) is 25.1 Å². The van der Waals surface area contributed by atoms with Crippen molar-refractivity contribution in [1.82, 2.24) is 25.1 Å². The highest BCUT2D eigenvalue weighted by Gasteiger charge is 2.21. The number of carbonyl (C=O) groups is 1. The van der Waals surface area contributed by atoms with Crippen LogP contribution in [0.5, 0.6) is 0 Å². The fourth-order valence-corrected chi connectivity index (χ4v) is 3.47. The van der Waals surface area contributed by atoms with E-state index >= 15 is 0 Å². The second-order valence-corrected chi connectivity index (χ2v) is 6.81. The van der Waals surface area contributed by atoms with E-state index in [1.54, 1.807) is 18.4 Å². The molecule has 0 saturated heterocycles. The molecule has 23 heavy (non-hydrogen) atoms. The minimum absolute atomic E-state index is 0.0371. The van der Waals surface area contributed by atoms with Crippen LogP contribution < -0.4 is 5.32 Å². The second kappa shape index (κ2) is 7.18. The van der Waals surface area contributed by atoms with Crippen molar-refractivity contribution in [3.8, 4) is 0 Å². The molecule has 0 radical (unpaired) electrons. The topological polar surface area (TPSA) is 81.9 Å². The van der Waals surface area contributed by atoms with Crippen LogP contribution in [0.1, 0.15) is 35.2 Å². The number of aryl methyl sites for hydroxylation is 2. The zero-order valence-corrected chi connectivity index (χ0v) is 14.2. The van der Waals surface area contributed by atoms with E-state index < -0.39 is 0 Å². The number of methoxy groups -OCH3 is 1. The summed E-state index contributed by atoms with van der Waals surface area (Å²) in [5, 5.41) is 14.5. The number of nitrogens with one attached hydrogen (secondary N) is 1. The number of thiazole rings is 1. The fraction of sp³-hybridized carbons (Fsp3) is 0.600. The molecule has 1 unspecified atom stereocenters. The van der Waals surface area contributed by atoms with Gasteiger partial charge in [0.05, 0.1) is 17.1 Å². The van der Waals surface area contributed by atoms with Crippen LogP contribution in [0.2, 0.25) is 0 Å². The molecule has 7 nitrogen and oxygen atoms in total. The van der Waals surface area contributed by atoms with E-state index in [1.165, 1.54) is 0 Å². The molecule has 1 atom stereocenters. The van der Waals surface area contributed by atoms with E-state index in [9.17, 15) is 4.79 Å². The number of carbonyl (C=O) groups excluding carboxylic acids is 1. The Hall–Kier alpha value is -1.80. The summed E-state index contributed by atoms with van der Waals surface area (Å²) >= 11 is 1.57. The summed E-state index contributed by atoms with van der Waals surface area (Å²) in [6.07, 6.45) is 2.93. The lowest BCUT2D eigenvalue weighted by atomic mass is 10.1. The summed E-state index contributed by atoms with van der Waals surface area (Å²) in [6, 6.07) is 0.166. The third-order valence-electron chi connectivity index (χ3n) is 3.97. The van der Waals surface area contributed by atoms with Crippen LogP contribution in [0.25, 0.3) is 0 Å². The van der Waals surface area contributed by atoms with E-state index in [1.807, 2.05) is 12.3 Å². The molecule has 3 heterocycles. The van der Waals surface area contributed by atoms with E-state index in [-0.39, 0.29) is 11.9 Å². The van der Waals surface area contributed by atoms with Crippen LogP contribution in [-0.4, -0.2) is 38.8 Å². The zero-order valence-electron chi connectivity index (χ0n) is 13.4. The summed E-state index contributed by atoms with van der Waals surface area (Å²) in [6.45, 7) is 3.22. The number of rotatable bonds is 5. The van der Waals surface area contributed by atoms with E-state index in [4.69, 9.17) is 4.74 Å². The second-order valence-electron chi connectivity index (χ2n) is 5.74. The van der Waals surface area contributed by atoms with Gasteiger partial charge in [0.1, 0.15) is 12.4 Å². The maximum Gasteiger partial charge on any atom is 0.226 e. The van der Waals surface area contributed by atoms with Crippen molar-refractivity contribution in [2.45, 2.75) is 51.8 Å². The molecule has 8 heteroatoms. The van der Waals surface area contributed by atoms with Gasteiger partial charge in [-0.2, -0.15) is 0 Å². The molecule has 1 amide bonds. The quantitative estimate of drug-likeness (QED) is 0.889. The van der Waals surface area contributed by atoms with E-state index in [0.29, 0.717) is 13.0 Å². The Kier molecular flexibility index (Phi) is 5.02. The lowest BCUT2D eigenvalue weighted by Crippen LogP contribution is -2.36. The molecule has 124 valence electrons. The van der Waals surface area contributed by atoms with Crippen LogP contribution in [0.15, 0.2) is 5.38 Å². The van der Waals surface area contributed by atoms with Crippen LogP contribution in [0.4, 0.5) is 0 Å². The molecule has 2 aromatic heterocycles. The standard InChI is InChI=1S/C15H21N5O2S/c1-10-16-12(9-23-10)7-15(21)17-11-3-4-13-18-19-14(8-22-2)20(13)6-5-11/h9,11H,3-8H2,1-2H3,(H,17,21). The molecule has 0 saturated carbocycles.